The fourth-order valence-corrected chi connectivity index (χ4v) is 2.46. The molecule has 0 aliphatic rings. The van der Waals surface area contributed by atoms with Crippen molar-refractivity contribution in [2.24, 2.45) is 11.5 Å². The number of amides is 2. The lowest BCUT2D eigenvalue weighted by Crippen LogP contribution is -2.27. The quantitative estimate of drug-likeness (QED) is 0.219. The molecule has 0 aliphatic carbocycles. The van der Waals surface area contributed by atoms with Gasteiger partial charge in [-0.15, -0.1) is 0 Å². The van der Waals surface area contributed by atoms with Crippen LogP contribution in [0.1, 0.15) is 44.7 Å². The summed E-state index contributed by atoms with van der Waals surface area (Å²) in [6.45, 7) is 0.993. The van der Waals surface area contributed by atoms with Gasteiger partial charge in [-0.3, -0.25) is 20.4 Å². The van der Waals surface area contributed by atoms with E-state index in [4.69, 9.17) is 22.3 Å². The molecule has 2 amide bonds. The van der Waals surface area contributed by atoms with Crippen LogP contribution in [0, 0.1) is 10.8 Å². The van der Waals surface area contributed by atoms with Gasteiger partial charge in [0.05, 0.1) is 0 Å². The van der Waals surface area contributed by atoms with Gasteiger partial charge in [-0.2, -0.15) is 0 Å². The zero-order valence-electron chi connectivity index (χ0n) is 15.4. The fraction of sp³-hybridized carbons (Fsp3) is 0.200. The highest BCUT2D eigenvalue weighted by atomic mass is 16.2. The summed E-state index contributed by atoms with van der Waals surface area (Å²) in [5.41, 5.74) is 12.9. The van der Waals surface area contributed by atoms with Crippen molar-refractivity contribution in [1.82, 2.24) is 10.6 Å². The Kier molecular flexibility index (Phi) is 7.27. The van der Waals surface area contributed by atoms with E-state index in [0.29, 0.717) is 35.3 Å². The SMILES string of the molecule is N=C(N)c1ccc(C(=O)NCCCCNC(=O)c2ccc(C(=N)N)cc2)cc1. The van der Waals surface area contributed by atoms with E-state index < -0.39 is 0 Å². The number of unbranched alkanes of at least 4 members (excludes halogenated alkanes) is 1. The molecule has 8 heteroatoms. The average molecular weight is 380 g/mol. The van der Waals surface area contributed by atoms with E-state index in [0.717, 1.165) is 12.8 Å². The summed E-state index contributed by atoms with van der Waals surface area (Å²) in [6, 6.07) is 13.1. The van der Waals surface area contributed by atoms with Crippen LogP contribution in [0.2, 0.25) is 0 Å². The van der Waals surface area contributed by atoms with Crippen LogP contribution in [-0.4, -0.2) is 36.6 Å². The summed E-state index contributed by atoms with van der Waals surface area (Å²) in [5.74, 6) is -0.456. The Balaban J connectivity index is 1.65. The third-order valence-corrected chi connectivity index (χ3v) is 4.09. The van der Waals surface area contributed by atoms with Gasteiger partial charge in [0.25, 0.3) is 11.8 Å². The molecule has 0 fully saturated rings. The van der Waals surface area contributed by atoms with Crippen LogP contribution in [0.5, 0.6) is 0 Å². The number of carbonyl (C=O) groups is 2. The van der Waals surface area contributed by atoms with E-state index in [2.05, 4.69) is 10.6 Å². The molecule has 28 heavy (non-hydrogen) atoms. The summed E-state index contributed by atoms with van der Waals surface area (Å²) in [4.78, 5) is 24.1. The van der Waals surface area contributed by atoms with E-state index >= 15 is 0 Å². The summed E-state index contributed by atoms with van der Waals surface area (Å²) >= 11 is 0. The van der Waals surface area contributed by atoms with Gasteiger partial charge < -0.3 is 22.1 Å². The maximum Gasteiger partial charge on any atom is 0.251 e. The van der Waals surface area contributed by atoms with E-state index in [1.54, 1.807) is 48.5 Å². The Hall–Kier alpha value is -3.68. The summed E-state index contributed by atoms with van der Waals surface area (Å²) in [6.07, 6.45) is 1.45. The van der Waals surface area contributed by atoms with Crippen LogP contribution in [0.4, 0.5) is 0 Å². The van der Waals surface area contributed by atoms with Crippen molar-refractivity contribution in [2.75, 3.05) is 13.1 Å². The van der Waals surface area contributed by atoms with Crippen LogP contribution in [-0.2, 0) is 0 Å². The number of nitrogen functional groups attached to an aromatic ring is 2. The van der Waals surface area contributed by atoms with Crippen LogP contribution in [0.15, 0.2) is 48.5 Å². The van der Waals surface area contributed by atoms with Crippen molar-refractivity contribution in [3.05, 3.63) is 70.8 Å². The van der Waals surface area contributed by atoms with Gasteiger partial charge in [0.1, 0.15) is 11.7 Å². The molecule has 2 rings (SSSR count). The second-order valence-electron chi connectivity index (χ2n) is 6.20. The number of hydrogen-bond donors (Lipinski definition) is 6. The second kappa shape index (κ2) is 9.86. The third kappa shape index (κ3) is 5.94. The van der Waals surface area contributed by atoms with E-state index in [9.17, 15) is 9.59 Å². The van der Waals surface area contributed by atoms with Crippen LogP contribution >= 0.6 is 0 Å². The summed E-state index contributed by atoms with van der Waals surface area (Å²) in [5, 5.41) is 20.3. The lowest BCUT2D eigenvalue weighted by molar-refractivity contribution is 0.0939. The largest absolute Gasteiger partial charge is 0.384 e. The van der Waals surface area contributed by atoms with Gasteiger partial charge in [-0.25, -0.2) is 0 Å². The van der Waals surface area contributed by atoms with Gasteiger partial charge >= 0.3 is 0 Å². The lowest BCUT2D eigenvalue weighted by atomic mass is 10.1. The Morgan fingerprint density at radius 1 is 0.643 bits per heavy atom. The third-order valence-electron chi connectivity index (χ3n) is 4.09. The Morgan fingerprint density at radius 3 is 1.21 bits per heavy atom. The molecular formula is C20H24N6O2. The molecule has 0 radical (unpaired) electrons. The van der Waals surface area contributed by atoms with Crippen molar-refractivity contribution < 1.29 is 9.59 Å². The Labute approximate surface area is 163 Å². The van der Waals surface area contributed by atoms with Gasteiger partial charge in [-0.1, -0.05) is 24.3 Å². The molecule has 2 aromatic carbocycles. The predicted molar refractivity (Wildman–Crippen MR) is 109 cm³/mol. The molecule has 0 bridgehead atoms. The molecular weight excluding hydrogens is 356 g/mol. The first-order chi connectivity index (χ1) is 13.4. The minimum atomic E-state index is -0.190. The van der Waals surface area contributed by atoms with E-state index in [1.807, 2.05) is 0 Å². The zero-order valence-corrected chi connectivity index (χ0v) is 15.4. The van der Waals surface area contributed by atoms with Crippen LogP contribution in [0.3, 0.4) is 0 Å². The van der Waals surface area contributed by atoms with Crippen LogP contribution < -0.4 is 22.1 Å². The molecule has 2 aromatic rings. The highest BCUT2D eigenvalue weighted by Crippen LogP contribution is 2.05. The molecule has 8 nitrogen and oxygen atoms in total. The summed E-state index contributed by atoms with van der Waals surface area (Å²) < 4.78 is 0. The number of benzene rings is 2. The number of nitrogens with one attached hydrogen (secondary N) is 4. The number of carbonyl (C=O) groups excluding carboxylic acids is 2. The fourth-order valence-electron chi connectivity index (χ4n) is 2.46. The Morgan fingerprint density at radius 2 is 0.929 bits per heavy atom. The van der Waals surface area contributed by atoms with Gasteiger partial charge in [0.15, 0.2) is 0 Å². The molecule has 0 aliphatic heterocycles. The first-order valence-corrected chi connectivity index (χ1v) is 8.84. The normalized spacial score (nSPS) is 10.1. The van der Waals surface area contributed by atoms with Crippen molar-refractivity contribution >= 4 is 23.5 Å². The molecule has 0 aromatic heterocycles. The lowest BCUT2D eigenvalue weighted by Gasteiger charge is -2.08. The molecule has 0 saturated carbocycles. The number of rotatable bonds is 9. The number of nitrogens with two attached hydrogens (primary N) is 2. The zero-order chi connectivity index (χ0) is 20.5. The smallest absolute Gasteiger partial charge is 0.251 e. The van der Waals surface area contributed by atoms with E-state index in [1.165, 1.54) is 0 Å². The highest BCUT2D eigenvalue weighted by Gasteiger charge is 2.07. The first kappa shape index (κ1) is 20.6. The Bertz CT molecular complexity index is 786. The summed E-state index contributed by atoms with van der Waals surface area (Å²) in [7, 11) is 0. The van der Waals surface area contributed by atoms with Crippen molar-refractivity contribution in [3.8, 4) is 0 Å². The molecule has 146 valence electrons. The van der Waals surface area contributed by atoms with Gasteiger partial charge in [0, 0.05) is 35.3 Å². The molecule has 0 heterocycles. The molecule has 0 saturated heterocycles. The topological polar surface area (TPSA) is 158 Å². The van der Waals surface area contributed by atoms with Crippen molar-refractivity contribution in [2.45, 2.75) is 12.8 Å². The number of hydrogen-bond acceptors (Lipinski definition) is 4. The van der Waals surface area contributed by atoms with Crippen molar-refractivity contribution in [1.29, 1.82) is 10.8 Å². The second-order valence-corrected chi connectivity index (χ2v) is 6.20. The predicted octanol–water partition coefficient (Wildman–Crippen LogP) is 1.19. The monoisotopic (exact) mass is 380 g/mol. The minimum absolute atomic E-state index is 0.0381. The molecule has 0 spiro atoms. The van der Waals surface area contributed by atoms with Crippen molar-refractivity contribution in [3.63, 3.8) is 0 Å². The average Bonchev–Trinajstić information content (AvgIpc) is 2.70. The minimum Gasteiger partial charge on any atom is -0.384 e. The molecule has 0 unspecified atom stereocenters. The van der Waals surface area contributed by atoms with Gasteiger partial charge in [0.2, 0.25) is 0 Å². The highest BCUT2D eigenvalue weighted by molar-refractivity contribution is 5.99. The first-order valence-electron chi connectivity index (χ1n) is 8.84. The molecule has 0 atom stereocenters. The van der Waals surface area contributed by atoms with Gasteiger partial charge in [-0.05, 0) is 37.1 Å². The number of amidine groups is 2. The van der Waals surface area contributed by atoms with E-state index in [-0.39, 0.29) is 23.5 Å². The maximum atomic E-state index is 12.0. The standard InChI is InChI=1S/C20H24N6O2/c21-17(22)13-3-7-15(8-4-13)19(27)25-11-1-2-12-26-20(28)16-9-5-14(6-10-16)18(23)24/h3-10H,1-2,11-12H2,(H3,21,22)(H3,23,24)(H,25,27)(H,26,28). The maximum absolute atomic E-state index is 12.0. The van der Waals surface area contributed by atoms with Crippen LogP contribution in [0.25, 0.3) is 0 Å². The molecule has 8 N–H and O–H groups in total.